The molecule has 0 saturated heterocycles. The fraction of sp³-hybridized carbons (Fsp3) is 0. The van der Waals surface area contributed by atoms with Crippen LogP contribution in [0, 0.1) is 0 Å². The van der Waals surface area contributed by atoms with Gasteiger partial charge in [-0.05, 0) is 0 Å². The molecular weight excluding hydrogens is 239 g/mol. The number of carboxylic acid groups (broad SMARTS) is 2. The molecular formula is C6H4Cl2O6. The first-order chi connectivity index (χ1) is 6.51. The zero-order valence-corrected chi connectivity index (χ0v) is 7.95. The zero-order valence-electron chi connectivity index (χ0n) is 6.44. The average Bonchev–Trinajstić information content (AvgIpc) is 2.10. The van der Waals surface area contributed by atoms with E-state index >= 15 is 0 Å². The summed E-state index contributed by atoms with van der Waals surface area (Å²) in [4.78, 5) is 20.5. The third-order valence-corrected chi connectivity index (χ3v) is 1.27. The van der Waals surface area contributed by atoms with Crippen LogP contribution in [0.4, 0.5) is 0 Å². The summed E-state index contributed by atoms with van der Waals surface area (Å²) in [7, 11) is 0. The molecule has 0 aliphatic carbocycles. The molecule has 0 aliphatic heterocycles. The lowest BCUT2D eigenvalue weighted by molar-refractivity contribution is -0.135. The van der Waals surface area contributed by atoms with E-state index in [-0.39, 0.29) is 0 Å². The van der Waals surface area contributed by atoms with E-state index in [1.54, 1.807) is 0 Å². The Balaban J connectivity index is 4.88. The molecule has 78 valence electrons. The van der Waals surface area contributed by atoms with Gasteiger partial charge in [-0.3, -0.25) is 0 Å². The second-order valence-corrected chi connectivity index (χ2v) is 2.16. The minimum atomic E-state index is -1.50. The maximum Gasteiger partial charge on any atom is 0.373 e. The monoisotopic (exact) mass is 242 g/mol. The number of carboxylic acids is 2. The van der Waals surface area contributed by atoms with E-state index in [1.165, 1.54) is 0 Å². The van der Waals surface area contributed by atoms with Gasteiger partial charge in [0, 0.05) is 6.08 Å². The van der Waals surface area contributed by atoms with E-state index < -0.39 is 23.5 Å². The highest BCUT2D eigenvalue weighted by Gasteiger charge is 2.11. The van der Waals surface area contributed by atoms with Crippen LogP contribution in [0.2, 0.25) is 0 Å². The number of hydrogen-bond donors (Lipinski definition) is 2. The molecule has 0 unspecified atom stereocenters. The van der Waals surface area contributed by atoms with Crippen LogP contribution in [-0.4, -0.2) is 22.2 Å². The van der Waals surface area contributed by atoms with Crippen molar-refractivity contribution >= 4 is 35.7 Å². The summed E-state index contributed by atoms with van der Waals surface area (Å²) in [5.41, 5.74) is 0. The van der Waals surface area contributed by atoms with E-state index in [9.17, 15) is 9.59 Å². The normalized spacial score (nSPS) is 12.1. The Bertz CT molecular complexity index is 295. The molecule has 2 N–H and O–H groups in total. The number of allylic oxidation sites excluding steroid dienone is 1. The first-order valence-corrected chi connectivity index (χ1v) is 3.59. The van der Waals surface area contributed by atoms with Gasteiger partial charge in [0.25, 0.3) is 0 Å². The van der Waals surface area contributed by atoms with E-state index in [0.717, 1.165) is 0 Å². The predicted molar refractivity (Wildman–Crippen MR) is 45.3 cm³/mol. The third kappa shape index (κ3) is 4.58. The van der Waals surface area contributed by atoms with Gasteiger partial charge < -0.3 is 18.8 Å². The summed E-state index contributed by atoms with van der Waals surface area (Å²) >= 11 is 9.63. The van der Waals surface area contributed by atoms with Crippen LogP contribution in [0.15, 0.2) is 23.7 Å². The van der Waals surface area contributed by atoms with Gasteiger partial charge in [-0.25, -0.2) is 9.59 Å². The van der Waals surface area contributed by atoms with Crippen LogP contribution in [-0.2, 0) is 18.2 Å². The van der Waals surface area contributed by atoms with E-state index in [0.29, 0.717) is 12.2 Å². The van der Waals surface area contributed by atoms with Gasteiger partial charge in [-0.15, -0.1) is 0 Å². The topological polar surface area (TPSA) is 93.1 Å². The molecule has 0 aromatic carbocycles. The highest BCUT2D eigenvalue weighted by Crippen LogP contribution is 2.09. The average molecular weight is 243 g/mol. The fourth-order valence-electron chi connectivity index (χ4n) is 0.454. The molecule has 0 heterocycles. The van der Waals surface area contributed by atoms with E-state index in [1.807, 2.05) is 0 Å². The quantitative estimate of drug-likeness (QED) is 0.429. The first kappa shape index (κ1) is 12.6. The highest BCUT2D eigenvalue weighted by atomic mass is 35.5. The van der Waals surface area contributed by atoms with Crippen LogP contribution >= 0.6 is 23.7 Å². The minimum absolute atomic E-state index is 0.433. The van der Waals surface area contributed by atoms with Crippen molar-refractivity contribution in [2.45, 2.75) is 0 Å². The van der Waals surface area contributed by atoms with Gasteiger partial charge in [-0.1, -0.05) is 0 Å². The van der Waals surface area contributed by atoms with Crippen LogP contribution in [0.5, 0.6) is 0 Å². The number of carbonyl (C=O) groups is 2. The third-order valence-electron chi connectivity index (χ3n) is 0.922. The molecule has 0 spiro atoms. The van der Waals surface area contributed by atoms with Gasteiger partial charge >= 0.3 is 11.9 Å². The van der Waals surface area contributed by atoms with Crippen molar-refractivity contribution in [2.75, 3.05) is 0 Å². The predicted octanol–water partition coefficient (Wildman–Crippen LogP) is 1.26. The molecule has 14 heavy (non-hydrogen) atoms. The highest BCUT2D eigenvalue weighted by molar-refractivity contribution is 6.10. The van der Waals surface area contributed by atoms with Gasteiger partial charge in [0.05, 0.1) is 6.08 Å². The van der Waals surface area contributed by atoms with Crippen molar-refractivity contribution < 1.29 is 28.4 Å². The summed E-state index contributed by atoms with van der Waals surface area (Å²) in [6.07, 6.45) is 1.24. The molecule has 0 saturated carbocycles. The van der Waals surface area contributed by atoms with Crippen molar-refractivity contribution in [1.82, 2.24) is 0 Å². The van der Waals surface area contributed by atoms with Gasteiger partial charge in [0.15, 0.2) is 5.76 Å². The SMILES string of the molecule is O=C(O)C=C(C=C(OCl)C(=O)O)OCl. The van der Waals surface area contributed by atoms with Crippen molar-refractivity contribution in [3.8, 4) is 0 Å². The second-order valence-electron chi connectivity index (χ2n) is 1.85. The maximum absolute atomic E-state index is 10.3. The van der Waals surface area contributed by atoms with E-state index in [2.05, 4.69) is 8.58 Å². The molecule has 6 nitrogen and oxygen atoms in total. The number of halogens is 2. The van der Waals surface area contributed by atoms with Gasteiger partial charge in [0.2, 0.25) is 5.76 Å². The number of hydrogen-bond acceptors (Lipinski definition) is 4. The van der Waals surface area contributed by atoms with Crippen molar-refractivity contribution in [2.24, 2.45) is 0 Å². The van der Waals surface area contributed by atoms with Crippen molar-refractivity contribution in [1.29, 1.82) is 0 Å². The molecule has 0 atom stereocenters. The second kappa shape index (κ2) is 6.11. The molecule has 0 aliphatic rings. The summed E-state index contributed by atoms with van der Waals surface area (Å²) < 4.78 is 7.90. The Morgan fingerprint density at radius 3 is 1.93 bits per heavy atom. The van der Waals surface area contributed by atoms with E-state index in [4.69, 9.17) is 33.9 Å². The molecule has 0 bridgehead atoms. The molecule has 0 aromatic rings. The lowest BCUT2D eigenvalue weighted by Gasteiger charge is -1.97. The molecule has 0 radical (unpaired) electrons. The first-order valence-electron chi connectivity index (χ1n) is 2.98. The Kier molecular flexibility index (Phi) is 5.50. The number of aliphatic carboxylic acids is 2. The minimum Gasteiger partial charge on any atom is -0.478 e. The lowest BCUT2D eigenvalue weighted by Crippen LogP contribution is -2.01. The van der Waals surface area contributed by atoms with Crippen molar-refractivity contribution in [3.63, 3.8) is 0 Å². The summed E-state index contributed by atoms with van der Waals surface area (Å²) in [5.74, 6) is -4.02. The van der Waals surface area contributed by atoms with Gasteiger partial charge in [-0.2, -0.15) is 0 Å². The van der Waals surface area contributed by atoms with Crippen molar-refractivity contribution in [3.05, 3.63) is 23.7 Å². The molecule has 0 fully saturated rings. The smallest absolute Gasteiger partial charge is 0.373 e. The molecule has 8 heteroatoms. The molecule has 0 aromatic heterocycles. The fourth-order valence-corrected chi connectivity index (χ4v) is 0.654. The number of rotatable bonds is 5. The Morgan fingerprint density at radius 1 is 1.07 bits per heavy atom. The molecule has 0 rings (SSSR count). The lowest BCUT2D eigenvalue weighted by atomic mass is 10.3. The molecule has 0 amide bonds. The summed E-state index contributed by atoms with van der Waals surface area (Å²) in [5, 5.41) is 16.7. The summed E-state index contributed by atoms with van der Waals surface area (Å²) in [6, 6.07) is 0. The Hall–Kier alpha value is -1.40. The largest absolute Gasteiger partial charge is 0.478 e. The van der Waals surface area contributed by atoms with Crippen LogP contribution in [0.3, 0.4) is 0 Å². The standard InChI is InChI=1S/C6H4Cl2O6/c7-13-3(2-5(9)10)1-4(14-8)6(11)12/h1-2H,(H,9,10)(H,11,12). The van der Waals surface area contributed by atoms with Gasteiger partial charge in [0.1, 0.15) is 23.7 Å². The summed E-state index contributed by atoms with van der Waals surface area (Å²) in [6.45, 7) is 0. The van der Waals surface area contributed by atoms with Crippen LogP contribution < -0.4 is 0 Å². The van der Waals surface area contributed by atoms with Crippen LogP contribution in [0.25, 0.3) is 0 Å². The Morgan fingerprint density at radius 2 is 1.64 bits per heavy atom. The Labute approximate surface area is 88.3 Å². The van der Waals surface area contributed by atoms with Crippen LogP contribution in [0.1, 0.15) is 0 Å². The maximum atomic E-state index is 10.3. The zero-order chi connectivity index (χ0) is 11.1.